The molecule has 1 saturated heterocycles. The van der Waals surface area contributed by atoms with Crippen LogP contribution in [0.15, 0.2) is 0 Å². The first-order valence-electron chi connectivity index (χ1n) is 7.53. The molecular weight excluding hydrogens is 276 g/mol. The summed E-state index contributed by atoms with van der Waals surface area (Å²) in [5.74, 6) is -1.62. The van der Waals surface area contributed by atoms with Crippen LogP contribution < -0.4 is 0 Å². The summed E-state index contributed by atoms with van der Waals surface area (Å²) in [6.45, 7) is 5.39. The van der Waals surface area contributed by atoms with E-state index in [4.69, 9.17) is 9.84 Å². The number of nitrogens with zero attached hydrogens (tertiary/aromatic N) is 2. The summed E-state index contributed by atoms with van der Waals surface area (Å²) in [6, 6.07) is -0.662. The molecule has 1 aliphatic heterocycles. The van der Waals surface area contributed by atoms with Gasteiger partial charge in [0, 0.05) is 19.6 Å². The van der Waals surface area contributed by atoms with E-state index in [0.717, 1.165) is 12.8 Å². The van der Waals surface area contributed by atoms with Gasteiger partial charge in [-0.3, -0.25) is 4.79 Å². The van der Waals surface area contributed by atoms with Gasteiger partial charge in [0.1, 0.15) is 5.92 Å². The number of hydrogen-bond donors (Lipinski definition) is 2. The van der Waals surface area contributed by atoms with E-state index >= 15 is 0 Å². The van der Waals surface area contributed by atoms with Crippen molar-refractivity contribution in [2.45, 2.75) is 32.7 Å². The molecule has 0 bridgehead atoms. The average Bonchev–Trinajstić information content (AvgIpc) is 2.93. The van der Waals surface area contributed by atoms with E-state index in [1.165, 1.54) is 0 Å². The van der Waals surface area contributed by atoms with Crippen molar-refractivity contribution in [1.82, 2.24) is 9.80 Å². The summed E-state index contributed by atoms with van der Waals surface area (Å²) in [5.41, 5.74) is 0. The maximum Gasteiger partial charge on any atom is 0.320 e. The molecule has 1 fully saturated rings. The first kappa shape index (κ1) is 17.7. The number of likely N-dealkylation sites (N-methyl/N-ethyl adjacent to an activating group) is 1. The van der Waals surface area contributed by atoms with Gasteiger partial charge in [-0.25, -0.2) is 4.79 Å². The van der Waals surface area contributed by atoms with Gasteiger partial charge in [0.25, 0.3) is 0 Å². The van der Waals surface area contributed by atoms with Crippen molar-refractivity contribution in [2.24, 2.45) is 5.92 Å². The zero-order chi connectivity index (χ0) is 15.8. The summed E-state index contributed by atoms with van der Waals surface area (Å²) < 4.78 is 5.24. The fourth-order valence-corrected chi connectivity index (χ4v) is 2.55. The van der Waals surface area contributed by atoms with Crippen LogP contribution in [0, 0.1) is 5.92 Å². The molecule has 1 aliphatic rings. The van der Waals surface area contributed by atoms with Gasteiger partial charge >= 0.3 is 12.0 Å². The van der Waals surface area contributed by atoms with Crippen molar-refractivity contribution in [3.63, 3.8) is 0 Å². The molecule has 0 radical (unpaired) electrons. The molecule has 21 heavy (non-hydrogen) atoms. The second-order valence-corrected chi connectivity index (χ2v) is 5.18. The number of amides is 2. The SMILES string of the molecule is CCCCN(CCO)C(=O)N(CC)C1COCC1C(=O)O. The number of carbonyl (C=O) groups is 2. The topological polar surface area (TPSA) is 90.3 Å². The number of carboxylic acid groups (broad SMARTS) is 1. The summed E-state index contributed by atoms with van der Waals surface area (Å²) in [6.07, 6.45) is 1.80. The Balaban J connectivity index is 2.80. The summed E-state index contributed by atoms with van der Waals surface area (Å²) in [5, 5.41) is 18.3. The van der Waals surface area contributed by atoms with Crippen molar-refractivity contribution in [1.29, 1.82) is 0 Å². The Morgan fingerprint density at radius 3 is 2.48 bits per heavy atom. The van der Waals surface area contributed by atoms with E-state index < -0.39 is 17.9 Å². The quantitative estimate of drug-likeness (QED) is 0.686. The lowest BCUT2D eigenvalue weighted by Crippen LogP contribution is -2.52. The van der Waals surface area contributed by atoms with E-state index in [1.54, 1.807) is 9.80 Å². The fourth-order valence-electron chi connectivity index (χ4n) is 2.55. The Morgan fingerprint density at radius 2 is 1.95 bits per heavy atom. The highest BCUT2D eigenvalue weighted by atomic mass is 16.5. The minimum absolute atomic E-state index is 0.101. The van der Waals surface area contributed by atoms with Gasteiger partial charge in [0.15, 0.2) is 0 Å². The summed E-state index contributed by atoms with van der Waals surface area (Å²) in [4.78, 5) is 27.0. The first-order valence-corrected chi connectivity index (χ1v) is 7.53. The van der Waals surface area contributed by atoms with Gasteiger partial charge in [-0.15, -0.1) is 0 Å². The van der Waals surface area contributed by atoms with Crippen LogP contribution in [-0.2, 0) is 9.53 Å². The number of hydrogen-bond acceptors (Lipinski definition) is 4. The molecule has 0 aromatic rings. The van der Waals surface area contributed by atoms with Gasteiger partial charge in [-0.05, 0) is 13.3 Å². The zero-order valence-corrected chi connectivity index (χ0v) is 12.8. The molecule has 2 amide bonds. The van der Waals surface area contributed by atoms with Crippen molar-refractivity contribution in [3.05, 3.63) is 0 Å². The van der Waals surface area contributed by atoms with Crippen LogP contribution in [0.1, 0.15) is 26.7 Å². The molecule has 0 aliphatic carbocycles. The normalized spacial score (nSPS) is 21.3. The van der Waals surface area contributed by atoms with E-state index in [-0.39, 0.29) is 32.4 Å². The fraction of sp³-hybridized carbons (Fsp3) is 0.857. The molecule has 2 unspecified atom stereocenters. The van der Waals surface area contributed by atoms with Crippen LogP contribution in [0.2, 0.25) is 0 Å². The van der Waals surface area contributed by atoms with E-state index in [2.05, 4.69) is 0 Å². The second kappa shape index (κ2) is 8.84. The van der Waals surface area contributed by atoms with Crippen LogP contribution >= 0.6 is 0 Å². The number of carbonyl (C=O) groups excluding carboxylic acids is 1. The van der Waals surface area contributed by atoms with Crippen molar-refractivity contribution in [2.75, 3.05) is 39.5 Å². The Bertz CT molecular complexity index is 350. The number of urea groups is 1. The van der Waals surface area contributed by atoms with Crippen LogP contribution in [0.5, 0.6) is 0 Å². The largest absolute Gasteiger partial charge is 0.481 e. The second-order valence-electron chi connectivity index (χ2n) is 5.18. The smallest absolute Gasteiger partial charge is 0.320 e. The predicted molar refractivity (Wildman–Crippen MR) is 77.1 cm³/mol. The third kappa shape index (κ3) is 4.57. The molecule has 1 rings (SSSR count). The molecule has 7 nitrogen and oxygen atoms in total. The molecular formula is C14H26N2O5. The zero-order valence-electron chi connectivity index (χ0n) is 12.8. The Morgan fingerprint density at radius 1 is 1.24 bits per heavy atom. The first-order chi connectivity index (χ1) is 10.1. The van der Waals surface area contributed by atoms with E-state index in [0.29, 0.717) is 13.1 Å². The maximum atomic E-state index is 12.6. The molecule has 2 atom stereocenters. The van der Waals surface area contributed by atoms with Gasteiger partial charge in [-0.2, -0.15) is 0 Å². The molecule has 1 heterocycles. The van der Waals surface area contributed by atoms with Crippen molar-refractivity contribution >= 4 is 12.0 Å². The maximum absolute atomic E-state index is 12.6. The van der Waals surface area contributed by atoms with Crippen LogP contribution in [0.4, 0.5) is 4.79 Å². The lowest BCUT2D eigenvalue weighted by molar-refractivity contribution is -0.142. The number of unbranched alkanes of at least 4 members (excludes halogenated alkanes) is 1. The predicted octanol–water partition coefficient (Wildman–Crippen LogP) is 0.622. The Hall–Kier alpha value is -1.34. The summed E-state index contributed by atoms with van der Waals surface area (Å²) in [7, 11) is 0. The van der Waals surface area contributed by atoms with Crippen molar-refractivity contribution in [3.8, 4) is 0 Å². The monoisotopic (exact) mass is 302 g/mol. The Kier molecular flexibility index (Phi) is 7.45. The number of aliphatic hydroxyl groups excluding tert-OH is 1. The molecule has 0 spiro atoms. The lowest BCUT2D eigenvalue weighted by Gasteiger charge is -2.34. The van der Waals surface area contributed by atoms with Gasteiger partial charge in [0.05, 0.1) is 25.9 Å². The molecule has 0 aromatic heterocycles. The highest BCUT2D eigenvalue weighted by molar-refractivity contribution is 5.77. The lowest BCUT2D eigenvalue weighted by atomic mass is 10.0. The highest BCUT2D eigenvalue weighted by Crippen LogP contribution is 2.21. The number of ether oxygens (including phenoxy) is 1. The number of rotatable bonds is 8. The average molecular weight is 302 g/mol. The molecule has 0 saturated carbocycles. The summed E-state index contributed by atoms with van der Waals surface area (Å²) >= 11 is 0. The van der Waals surface area contributed by atoms with Crippen molar-refractivity contribution < 1.29 is 24.5 Å². The van der Waals surface area contributed by atoms with Crippen LogP contribution in [-0.4, -0.2) is 77.5 Å². The minimum atomic E-state index is -0.939. The Labute approximate surface area is 125 Å². The molecule has 122 valence electrons. The van der Waals surface area contributed by atoms with Crippen LogP contribution in [0.25, 0.3) is 0 Å². The van der Waals surface area contributed by atoms with E-state index in [9.17, 15) is 14.7 Å². The molecule has 2 N–H and O–H groups in total. The minimum Gasteiger partial charge on any atom is -0.481 e. The number of aliphatic carboxylic acids is 1. The molecule has 7 heteroatoms. The van der Waals surface area contributed by atoms with E-state index in [1.807, 2.05) is 13.8 Å². The third-order valence-corrected chi connectivity index (χ3v) is 3.78. The third-order valence-electron chi connectivity index (χ3n) is 3.78. The van der Waals surface area contributed by atoms with Gasteiger partial charge in [-0.1, -0.05) is 13.3 Å². The molecule has 0 aromatic carbocycles. The standard InChI is InChI=1S/C14H26N2O5/c1-3-5-6-15(7-8-17)14(20)16(4-2)12-10-21-9-11(12)13(18)19/h11-12,17H,3-10H2,1-2H3,(H,18,19). The highest BCUT2D eigenvalue weighted by Gasteiger charge is 2.40. The van der Waals surface area contributed by atoms with Gasteiger partial charge < -0.3 is 24.7 Å². The van der Waals surface area contributed by atoms with Crippen LogP contribution in [0.3, 0.4) is 0 Å². The number of carboxylic acids is 1. The number of aliphatic hydroxyl groups is 1. The van der Waals surface area contributed by atoms with Gasteiger partial charge in [0.2, 0.25) is 0 Å².